The van der Waals surface area contributed by atoms with Gasteiger partial charge in [-0.05, 0) is 25.1 Å². The summed E-state index contributed by atoms with van der Waals surface area (Å²) in [6.45, 7) is 2.14. The normalized spacial score (nSPS) is 20.3. The maximum atomic E-state index is 11.5. The Morgan fingerprint density at radius 1 is 1.39 bits per heavy atom. The van der Waals surface area contributed by atoms with E-state index in [0.717, 1.165) is 17.9 Å². The van der Waals surface area contributed by atoms with Gasteiger partial charge in [-0.2, -0.15) is 0 Å². The zero-order valence-electron chi connectivity index (χ0n) is 10.6. The fraction of sp³-hybridized carbons (Fsp3) is 0.583. The van der Waals surface area contributed by atoms with Gasteiger partial charge in [-0.25, -0.2) is 8.42 Å². The van der Waals surface area contributed by atoms with Crippen LogP contribution in [-0.2, 0) is 16.4 Å². The molecule has 2 rings (SSSR count). The van der Waals surface area contributed by atoms with Crippen molar-refractivity contribution in [3.05, 3.63) is 24.0 Å². The summed E-state index contributed by atoms with van der Waals surface area (Å²) in [7, 11) is -0.959. The monoisotopic (exact) mass is 269 g/mol. The Kier molecular flexibility index (Phi) is 4.19. The van der Waals surface area contributed by atoms with E-state index in [4.69, 9.17) is 0 Å². The molecule has 2 heterocycles. The van der Waals surface area contributed by atoms with E-state index in [9.17, 15) is 8.42 Å². The van der Waals surface area contributed by atoms with Gasteiger partial charge in [-0.15, -0.1) is 0 Å². The molecule has 0 aromatic carbocycles. The number of anilines is 1. The predicted molar refractivity (Wildman–Crippen MR) is 72.3 cm³/mol. The number of nitrogens with zero attached hydrogens (tertiary/aromatic N) is 2. The molecule has 0 radical (unpaired) electrons. The van der Waals surface area contributed by atoms with Crippen LogP contribution in [0.15, 0.2) is 18.3 Å². The number of pyridine rings is 1. The van der Waals surface area contributed by atoms with E-state index >= 15 is 0 Å². The van der Waals surface area contributed by atoms with Gasteiger partial charge in [0, 0.05) is 32.0 Å². The molecule has 1 aliphatic rings. The molecule has 0 aliphatic carbocycles. The fourth-order valence-electron chi connectivity index (χ4n) is 2.10. The van der Waals surface area contributed by atoms with Crippen molar-refractivity contribution in [2.45, 2.75) is 13.0 Å². The van der Waals surface area contributed by atoms with Crippen LogP contribution in [0.2, 0.25) is 0 Å². The molecule has 0 amide bonds. The first-order valence-corrected chi connectivity index (χ1v) is 7.97. The van der Waals surface area contributed by atoms with Crippen molar-refractivity contribution in [1.29, 1.82) is 0 Å². The van der Waals surface area contributed by atoms with Crippen molar-refractivity contribution in [1.82, 2.24) is 9.88 Å². The highest BCUT2D eigenvalue weighted by Crippen LogP contribution is 2.12. The maximum Gasteiger partial charge on any atom is 0.151 e. The minimum absolute atomic E-state index is 0.263. The third-order valence-electron chi connectivity index (χ3n) is 3.14. The van der Waals surface area contributed by atoms with Gasteiger partial charge < -0.3 is 5.32 Å². The summed E-state index contributed by atoms with van der Waals surface area (Å²) in [4.78, 5) is 6.48. The summed E-state index contributed by atoms with van der Waals surface area (Å²) in [6, 6.07) is 3.91. The number of sulfone groups is 1. The quantitative estimate of drug-likeness (QED) is 0.877. The number of nitrogens with one attached hydrogen (secondary N) is 1. The molecule has 6 heteroatoms. The van der Waals surface area contributed by atoms with Crippen LogP contribution in [0.3, 0.4) is 0 Å². The number of hydrogen-bond acceptors (Lipinski definition) is 5. The van der Waals surface area contributed by atoms with Crippen molar-refractivity contribution >= 4 is 15.5 Å². The lowest BCUT2D eigenvalue weighted by molar-refractivity contribution is 0.284. The molecular weight excluding hydrogens is 250 g/mol. The lowest BCUT2D eigenvalue weighted by atomic mass is 10.3. The van der Waals surface area contributed by atoms with Gasteiger partial charge >= 0.3 is 0 Å². The number of aromatic nitrogens is 1. The zero-order valence-corrected chi connectivity index (χ0v) is 11.4. The minimum Gasteiger partial charge on any atom is -0.388 e. The molecule has 5 nitrogen and oxygen atoms in total. The van der Waals surface area contributed by atoms with Gasteiger partial charge in [0.2, 0.25) is 0 Å². The van der Waals surface area contributed by atoms with Crippen LogP contribution < -0.4 is 5.32 Å². The van der Waals surface area contributed by atoms with E-state index in [1.54, 1.807) is 6.20 Å². The summed E-state index contributed by atoms with van der Waals surface area (Å²) in [5.41, 5.74) is 2.00. The third kappa shape index (κ3) is 3.68. The first-order chi connectivity index (χ1) is 8.59. The predicted octanol–water partition coefficient (Wildman–Crippen LogP) is 0.744. The smallest absolute Gasteiger partial charge is 0.151 e. The SMILES string of the molecule is CNc1ccnc(CN2CCCS(=O)(=O)CC2)c1. The van der Waals surface area contributed by atoms with E-state index in [2.05, 4.69) is 15.2 Å². The molecule has 0 unspecified atom stereocenters. The van der Waals surface area contributed by atoms with Crippen molar-refractivity contribution < 1.29 is 8.42 Å². The molecule has 1 aromatic heterocycles. The van der Waals surface area contributed by atoms with E-state index in [1.807, 2.05) is 19.2 Å². The van der Waals surface area contributed by atoms with Crippen LogP contribution in [0.4, 0.5) is 5.69 Å². The first-order valence-electron chi connectivity index (χ1n) is 6.14. The van der Waals surface area contributed by atoms with E-state index < -0.39 is 9.84 Å². The summed E-state index contributed by atoms with van der Waals surface area (Å²) in [5.74, 6) is 0.576. The molecule has 1 fully saturated rings. The topological polar surface area (TPSA) is 62.3 Å². The highest BCUT2D eigenvalue weighted by atomic mass is 32.2. The molecule has 1 N–H and O–H groups in total. The number of hydrogen-bond donors (Lipinski definition) is 1. The van der Waals surface area contributed by atoms with E-state index in [1.165, 1.54) is 0 Å². The van der Waals surface area contributed by atoms with Gasteiger partial charge in [0.1, 0.15) is 0 Å². The average Bonchev–Trinajstić information content (AvgIpc) is 2.51. The molecule has 1 aromatic rings. The Morgan fingerprint density at radius 3 is 3.00 bits per heavy atom. The zero-order chi connectivity index (χ0) is 13.0. The molecule has 0 bridgehead atoms. The highest BCUT2D eigenvalue weighted by molar-refractivity contribution is 7.91. The maximum absolute atomic E-state index is 11.5. The number of rotatable bonds is 3. The molecule has 100 valence electrons. The molecule has 1 saturated heterocycles. The standard InChI is InChI=1S/C12H19N3O2S/c1-13-11-3-4-14-12(9-11)10-15-5-2-7-18(16,17)8-6-15/h3-4,9H,2,5-8,10H2,1H3,(H,13,14). The van der Waals surface area contributed by atoms with Crippen LogP contribution in [0.1, 0.15) is 12.1 Å². The van der Waals surface area contributed by atoms with Crippen LogP contribution in [0.25, 0.3) is 0 Å². The second-order valence-corrected chi connectivity index (χ2v) is 6.87. The van der Waals surface area contributed by atoms with Crippen molar-refractivity contribution in [3.8, 4) is 0 Å². The Labute approximate surface area is 108 Å². The molecule has 0 saturated carbocycles. The minimum atomic E-state index is -2.83. The fourth-order valence-corrected chi connectivity index (χ4v) is 3.41. The molecule has 0 spiro atoms. The van der Waals surface area contributed by atoms with Crippen LogP contribution >= 0.6 is 0 Å². The summed E-state index contributed by atoms with van der Waals surface area (Å²) < 4.78 is 23.0. The van der Waals surface area contributed by atoms with Gasteiger partial charge in [-0.3, -0.25) is 9.88 Å². The molecule has 0 atom stereocenters. The molecule has 18 heavy (non-hydrogen) atoms. The average molecular weight is 269 g/mol. The lowest BCUT2D eigenvalue weighted by Gasteiger charge is -2.18. The van der Waals surface area contributed by atoms with Crippen LogP contribution in [0.5, 0.6) is 0 Å². The first kappa shape index (κ1) is 13.3. The van der Waals surface area contributed by atoms with Gasteiger partial charge in [-0.1, -0.05) is 0 Å². The van der Waals surface area contributed by atoms with Gasteiger partial charge in [0.05, 0.1) is 17.2 Å². The Bertz CT molecular complexity index is 502. The molecule has 1 aliphatic heterocycles. The van der Waals surface area contributed by atoms with Crippen molar-refractivity contribution in [3.63, 3.8) is 0 Å². The Morgan fingerprint density at radius 2 is 2.22 bits per heavy atom. The summed E-state index contributed by atoms with van der Waals surface area (Å²) >= 11 is 0. The molecular formula is C12H19N3O2S. The van der Waals surface area contributed by atoms with E-state index in [0.29, 0.717) is 25.3 Å². The van der Waals surface area contributed by atoms with Crippen molar-refractivity contribution in [2.75, 3.05) is 37.0 Å². The Balaban J connectivity index is 2.00. The summed E-state index contributed by atoms with van der Waals surface area (Å²) in [6.07, 6.45) is 2.49. The highest BCUT2D eigenvalue weighted by Gasteiger charge is 2.19. The second kappa shape index (κ2) is 5.67. The van der Waals surface area contributed by atoms with Crippen molar-refractivity contribution in [2.24, 2.45) is 0 Å². The van der Waals surface area contributed by atoms with Gasteiger partial charge in [0.15, 0.2) is 9.84 Å². The van der Waals surface area contributed by atoms with E-state index in [-0.39, 0.29) is 5.75 Å². The Hall–Kier alpha value is -1.14. The largest absolute Gasteiger partial charge is 0.388 e. The van der Waals surface area contributed by atoms with Crippen LogP contribution in [0, 0.1) is 0 Å². The third-order valence-corrected chi connectivity index (χ3v) is 4.85. The summed E-state index contributed by atoms with van der Waals surface area (Å²) in [5, 5.41) is 3.08. The second-order valence-electron chi connectivity index (χ2n) is 4.57. The van der Waals surface area contributed by atoms with Crippen LogP contribution in [-0.4, -0.2) is 49.9 Å². The lowest BCUT2D eigenvalue weighted by Crippen LogP contribution is -2.27. The van der Waals surface area contributed by atoms with Gasteiger partial charge in [0.25, 0.3) is 0 Å².